The van der Waals surface area contributed by atoms with Gasteiger partial charge >= 0.3 is 0 Å². The molecule has 2 amide bonds. The van der Waals surface area contributed by atoms with Crippen LogP contribution in [0.5, 0.6) is 0 Å². The van der Waals surface area contributed by atoms with Crippen LogP contribution in [0.4, 0.5) is 10.3 Å². The summed E-state index contributed by atoms with van der Waals surface area (Å²) in [6.07, 6.45) is 0.295. The average Bonchev–Trinajstić information content (AvgIpc) is 2.97. The van der Waals surface area contributed by atoms with Gasteiger partial charge in [0.15, 0.2) is 0 Å². The van der Waals surface area contributed by atoms with Gasteiger partial charge < -0.3 is 11.1 Å². The summed E-state index contributed by atoms with van der Waals surface area (Å²) >= 11 is 7.19. The van der Waals surface area contributed by atoms with E-state index in [0.717, 1.165) is 27.5 Å². The fourth-order valence-electron chi connectivity index (χ4n) is 2.42. The van der Waals surface area contributed by atoms with Gasteiger partial charge in [-0.2, -0.15) is 10.1 Å². The lowest BCUT2D eigenvalue weighted by Gasteiger charge is -2.28. The lowest BCUT2D eigenvalue weighted by Crippen LogP contribution is -2.47. The molecule has 3 rings (SSSR count). The first-order chi connectivity index (χ1) is 11.8. The molecule has 25 heavy (non-hydrogen) atoms. The summed E-state index contributed by atoms with van der Waals surface area (Å²) in [7, 11) is 0. The Bertz CT molecular complexity index is 881. The highest BCUT2D eigenvalue weighted by atomic mass is 35.5. The first-order valence-corrected chi connectivity index (χ1v) is 8.58. The molecule has 2 aromatic rings. The molecule has 3 N–H and O–H groups in total. The number of anilines is 2. The van der Waals surface area contributed by atoms with E-state index in [1.165, 1.54) is 6.92 Å². The van der Waals surface area contributed by atoms with E-state index in [2.05, 4.69) is 20.6 Å². The molecule has 0 bridgehead atoms. The van der Waals surface area contributed by atoms with Crippen LogP contribution in [0.15, 0.2) is 23.3 Å². The van der Waals surface area contributed by atoms with Crippen molar-refractivity contribution in [2.24, 2.45) is 5.10 Å². The number of amides is 2. The number of carbonyl (C=O) groups excluding carboxylic acids is 2. The number of nitrogens with zero attached hydrogens (tertiary/aromatic N) is 4. The van der Waals surface area contributed by atoms with Crippen molar-refractivity contribution in [3.05, 3.63) is 34.3 Å². The zero-order valence-corrected chi connectivity index (χ0v) is 15.1. The number of aryl methyl sites for hydroxylation is 1. The molecule has 0 spiro atoms. The molecule has 0 aliphatic carbocycles. The van der Waals surface area contributed by atoms with Crippen molar-refractivity contribution in [1.29, 1.82) is 0 Å². The van der Waals surface area contributed by atoms with Crippen LogP contribution < -0.4 is 11.1 Å². The van der Waals surface area contributed by atoms with Gasteiger partial charge in [0.2, 0.25) is 16.2 Å². The Kier molecular flexibility index (Phi) is 4.69. The number of hydrazone groups is 1. The molecule has 1 aromatic heterocycles. The smallest absolute Gasteiger partial charge is 0.272 e. The summed E-state index contributed by atoms with van der Waals surface area (Å²) in [6.45, 7) is 3.17. The first-order valence-electron chi connectivity index (χ1n) is 7.39. The highest BCUT2D eigenvalue weighted by Gasteiger charge is 2.34. The number of carbonyl (C=O) groups is 2. The third-order valence-corrected chi connectivity index (χ3v) is 4.76. The highest BCUT2D eigenvalue weighted by molar-refractivity contribution is 7.18. The van der Waals surface area contributed by atoms with E-state index in [4.69, 9.17) is 17.3 Å². The zero-order valence-electron chi connectivity index (χ0n) is 13.5. The van der Waals surface area contributed by atoms with E-state index in [9.17, 15) is 9.59 Å². The number of rotatable bonds is 3. The van der Waals surface area contributed by atoms with E-state index in [0.29, 0.717) is 22.3 Å². The number of nitrogens with one attached hydrogen (secondary N) is 1. The molecule has 1 aliphatic rings. The molecule has 0 fully saturated rings. The Morgan fingerprint density at radius 1 is 1.44 bits per heavy atom. The molecule has 0 radical (unpaired) electrons. The maximum Gasteiger partial charge on any atom is 0.272 e. The third-order valence-electron chi connectivity index (χ3n) is 3.65. The zero-order chi connectivity index (χ0) is 18.1. The van der Waals surface area contributed by atoms with Crippen LogP contribution >= 0.6 is 22.9 Å². The molecular formula is C15H15ClN6O2S. The van der Waals surface area contributed by atoms with Crippen LogP contribution in [-0.4, -0.2) is 38.8 Å². The van der Waals surface area contributed by atoms with Gasteiger partial charge in [-0.15, -0.1) is 10.2 Å². The number of nitrogen functional groups attached to an aromatic ring is 1. The summed E-state index contributed by atoms with van der Waals surface area (Å²) in [5.41, 5.74) is 7.84. The summed E-state index contributed by atoms with van der Waals surface area (Å²) in [5, 5.41) is 17.0. The van der Waals surface area contributed by atoms with E-state index in [1.54, 1.807) is 6.07 Å². The van der Waals surface area contributed by atoms with Crippen molar-refractivity contribution in [3.8, 4) is 0 Å². The molecule has 1 atom stereocenters. The predicted molar refractivity (Wildman–Crippen MR) is 96.6 cm³/mol. The molecule has 1 aromatic carbocycles. The third kappa shape index (κ3) is 3.62. The molecule has 0 saturated carbocycles. The minimum absolute atomic E-state index is 0.288. The summed E-state index contributed by atoms with van der Waals surface area (Å²) in [4.78, 5) is 24.3. The van der Waals surface area contributed by atoms with Crippen molar-refractivity contribution in [1.82, 2.24) is 15.2 Å². The second kappa shape index (κ2) is 6.77. The highest BCUT2D eigenvalue weighted by Crippen LogP contribution is 2.24. The molecule has 1 aliphatic heterocycles. The Balaban J connectivity index is 1.94. The van der Waals surface area contributed by atoms with E-state index >= 15 is 0 Å². The van der Waals surface area contributed by atoms with Crippen molar-refractivity contribution >= 4 is 50.7 Å². The monoisotopic (exact) mass is 378 g/mol. The van der Waals surface area contributed by atoms with Crippen LogP contribution in [-0.2, 0) is 9.59 Å². The Hall–Kier alpha value is -2.52. The normalized spacial score (nSPS) is 17.4. The van der Waals surface area contributed by atoms with Crippen LogP contribution in [0, 0.1) is 6.92 Å². The standard InChI is InChI=1S/C15H15ClN6O2S/c1-7-5-9(3-4-10(7)16)11-6-12(13(24)22(21-11)8(2)23)18-15-20-19-14(17)25-15/h3-5,12H,6H2,1-2H3,(H2,17,19)(H,18,20). The molecule has 8 nitrogen and oxygen atoms in total. The quantitative estimate of drug-likeness (QED) is 0.844. The lowest BCUT2D eigenvalue weighted by molar-refractivity contribution is -0.144. The molecule has 0 saturated heterocycles. The van der Waals surface area contributed by atoms with Gasteiger partial charge in [-0.05, 0) is 30.2 Å². The van der Waals surface area contributed by atoms with Crippen LogP contribution in [0.2, 0.25) is 5.02 Å². The second-order valence-electron chi connectivity index (χ2n) is 5.53. The molecule has 2 heterocycles. The summed E-state index contributed by atoms with van der Waals surface area (Å²) in [6, 6.07) is 4.74. The van der Waals surface area contributed by atoms with Crippen molar-refractivity contribution in [2.45, 2.75) is 26.3 Å². The van der Waals surface area contributed by atoms with E-state index < -0.39 is 17.9 Å². The van der Waals surface area contributed by atoms with Gasteiger partial charge in [0.25, 0.3) is 5.91 Å². The van der Waals surface area contributed by atoms with Gasteiger partial charge in [-0.3, -0.25) is 9.59 Å². The van der Waals surface area contributed by atoms with Crippen molar-refractivity contribution in [2.75, 3.05) is 11.1 Å². The van der Waals surface area contributed by atoms with Gasteiger partial charge in [0, 0.05) is 18.4 Å². The number of halogens is 1. The Morgan fingerprint density at radius 3 is 2.80 bits per heavy atom. The van der Waals surface area contributed by atoms with Gasteiger partial charge in [-0.25, -0.2) is 0 Å². The molecule has 130 valence electrons. The van der Waals surface area contributed by atoms with Gasteiger partial charge in [0.1, 0.15) is 6.04 Å². The number of nitrogens with two attached hydrogens (primary N) is 1. The number of benzene rings is 1. The Morgan fingerprint density at radius 2 is 2.20 bits per heavy atom. The van der Waals surface area contributed by atoms with Gasteiger partial charge in [-0.1, -0.05) is 29.0 Å². The van der Waals surface area contributed by atoms with Gasteiger partial charge in [0.05, 0.1) is 5.71 Å². The molecule has 10 heteroatoms. The summed E-state index contributed by atoms with van der Waals surface area (Å²) in [5.74, 6) is -0.910. The van der Waals surface area contributed by atoms with E-state index in [-0.39, 0.29) is 5.13 Å². The predicted octanol–water partition coefficient (Wildman–Crippen LogP) is 2.05. The van der Waals surface area contributed by atoms with Crippen LogP contribution in [0.1, 0.15) is 24.5 Å². The van der Waals surface area contributed by atoms with Crippen LogP contribution in [0.3, 0.4) is 0 Å². The Labute approximate surface area is 152 Å². The fourth-order valence-corrected chi connectivity index (χ4v) is 3.10. The second-order valence-corrected chi connectivity index (χ2v) is 6.94. The SMILES string of the molecule is CC(=O)N1N=C(c2ccc(Cl)c(C)c2)CC(Nc2nnc(N)s2)C1=O. The number of hydrogen-bond acceptors (Lipinski definition) is 8. The minimum Gasteiger partial charge on any atom is -0.374 e. The van der Waals surface area contributed by atoms with Crippen molar-refractivity contribution < 1.29 is 9.59 Å². The average molecular weight is 379 g/mol. The first kappa shape index (κ1) is 17.3. The number of hydrogen-bond donors (Lipinski definition) is 2. The van der Waals surface area contributed by atoms with Crippen molar-refractivity contribution in [3.63, 3.8) is 0 Å². The minimum atomic E-state index is -0.695. The maximum atomic E-state index is 12.5. The maximum absolute atomic E-state index is 12.5. The summed E-state index contributed by atoms with van der Waals surface area (Å²) < 4.78 is 0. The lowest BCUT2D eigenvalue weighted by atomic mass is 9.99. The topological polar surface area (TPSA) is 114 Å². The fraction of sp³-hybridized carbons (Fsp3) is 0.267. The largest absolute Gasteiger partial charge is 0.374 e. The number of aromatic nitrogens is 2. The molecule has 1 unspecified atom stereocenters. The molecular weight excluding hydrogens is 364 g/mol. The van der Waals surface area contributed by atoms with Crippen LogP contribution in [0.25, 0.3) is 0 Å². The van der Waals surface area contributed by atoms with E-state index in [1.807, 2.05) is 19.1 Å². The number of imide groups is 1.